The van der Waals surface area contributed by atoms with Crippen LogP contribution in [-0.2, 0) is 4.79 Å². The number of aliphatic carboxylic acids is 1. The molecule has 0 heterocycles. The summed E-state index contributed by atoms with van der Waals surface area (Å²) in [4.78, 5) is 14.1. The summed E-state index contributed by atoms with van der Waals surface area (Å²) >= 11 is 0. The second kappa shape index (κ2) is 5.20. The van der Waals surface area contributed by atoms with Crippen LogP contribution in [-0.4, -0.2) is 32.6 Å². The quantitative estimate of drug-likeness (QED) is 0.363. The lowest BCUT2D eigenvalue weighted by molar-refractivity contribution is -0.136. The summed E-state index contributed by atoms with van der Waals surface area (Å²) in [7, 11) is 0. The largest absolute Gasteiger partial charge is 0.505 e. The van der Waals surface area contributed by atoms with Gasteiger partial charge in [0, 0.05) is 17.8 Å². The van der Waals surface area contributed by atoms with Crippen LogP contribution in [0.5, 0.6) is 17.2 Å². The molecular formula is C11H13NO5. The molecule has 92 valence electrons. The van der Waals surface area contributed by atoms with Crippen molar-refractivity contribution in [2.75, 3.05) is 0 Å². The number of carbonyl (C=O) groups is 1. The highest BCUT2D eigenvalue weighted by atomic mass is 16.4. The van der Waals surface area contributed by atoms with E-state index in [0.29, 0.717) is 0 Å². The van der Waals surface area contributed by atoms with Crippen molar-refractivity contribution in [1.82, 2.24) is 0 Å². The predicted molar refractivity (Wildman–Crippen MR) is 61.2 cm³/mol. The third-order valence-electron chi connectivity index (χ3n) is 2.19. The fourth-order valence-electron chi connectivity index (χ4n) is 1.21. The molecule has 0 aliphatic carbocycles. The Labute approximate surface area is 97.5 Å². The molecule has 1 rings (SSSR count). The van der Waals surface area contributed by atoms with Crippen molar-refractivity contribution in [2.24, 2.45) is 4.99 Å². The first-order valence-corrected chi connectivity index (χ1v) is 4.92. The van der Waals surface area contributed by atoms with Crippen LogP contribution in [0.3, 0.4) is 0 Å². The second-order valence-corrected chi connectivity index (χ2v) is 3.48. The molecule has 0 radical (unpaired) electrons. The fraction of sp³-hybridized carbons (Fsp3) is 0.273. The zero-order valence-corrected chi connectivity index (χ0v) is 9.21. The van der Waals surface area contributed by atoms with Gasteiger partial charge in [-0.3, -0.25) is 9.79 Å². The Hall–Kier alpha value is -2.24. The van der Waals surface area contributed by atoms with Crippen LogP contribution in [0.2, 0.25) is 0 Å². The Morgan fingerprint density at radius 3 is 2.59 bits per heavy atom. The minimum atomic E-state index is -0.939. The summed E-state index contributed by atoms with van der Waals surface area (Å²) < 4.78 is 0. The highest BCUT2D eigenvalue weighted by molar-refractivity contribution is 5.75. The minimum Gasteiger partial charge on any atom is -0.505 e. The van der Waals surface area contributed by atoms with Crippen molar-refractivity contribution >= 4 is 17.9 Å². The van der Waals surface area contributed by atoms with Gasteiger partial charge >= 0.3 is 5.97 Å². The van der Waals surface area contributed by atoms with Crippen LogP contribution in [0.1, 0.15) is 18.4 Å². The van der Waals surface area contributed by atoms with E-state index >= 15 is 0 Å². The average Bonchev–Trinajstić information content (AvgIpc) is 2.27. The fourth-order valence-corrected chi connectivity index (χ4v) is 1.21. The second-order valence-electron chi connectivity index (χ2n) is 3.48. The molecular weight excluding hydrogens is 226 g/mol. The summed E-state index contributed by atoms with van der Waals surface area (Å²) in [6, 6.07) is 1.11. The highest BCUT2D eigenvalue weighted by Crippen LogP contribution is 2.41. The third kappa shape index (κ3) is 3.10. The van der Waals surface area contributed by atoms with Gasteiger partial charge < -0.3 is 20.4 Å². The predicted octanol–water partition coefficient (Wildman–Crippen LogP) is 1.68. The molecule has 0 unspecified atom stereocenters. The smallest absolute Gasteiger partial charge is 0.303 e. The van der Waals surface area contributed by atoms with Gasteiger partial charge in [-0.2, -0.15) is 0 Å². The number of phenols is 3. The van der Waals surface area contributed by atoms with Gasteiger partial charge in [0.2, 0.25) is 0 Å². The molecule has 6 nitrogen and oxygen atoms in total. The molecule has 0 bridgehead atoms. The maximum absolute atomic E-state index is 10.2. The topological polar surface area (TPSA) is 110 Å². The maximum Gasteiger partial charge on any atom is 0.303 e. The van der Waals surface area contributed by atoms with Crippen LogP contribution in [0.4, 0.5) is 5.69 Å². The van der Waals surface area contributed by atoms with Gasteiger partial charge in [0.1, 0.15) is 11.4 Å². The molecule has 6 heteroatoms. The molecule has 0 amide bonds. The van der Waals surface area contributed by atoms with E-state index in [1.807, 2.05) is 0 Å². The summed E-state index contributed by atoms with van der Waals surface area (Å²) in [6.45, 7) is 1.43. The molecule has 0 aliphatic heterocycles. The average molecular weight is 239 g/mol. The Balaban J connectivity index is 2.88. The number of carboxylic acids is 1. The molecule has 0 fully saturated rings. The minimum absolute atomic E-state index is 0.0622. The lowest BCUT2D eigenvalue weighted by Crippen LogP contribution is -1.93. The summed E-state index contributed by atoms with van der Waals surface area (Å²) in [5.41, 5.74) is 0.207. The van der Waals surface area contributed by atoms with Crippen LogP contribution in [0.15, 0.2) is 11.1 Å². The Morgan fingerprint density at radius 1 is 1.35 bits per heavy atom. The van der Waals surface area contributed by atoms with Gasteiger partial charge in [-0.1, -0.05) is 0 Å². The van der Waals surface area contributed by atoms with Crippen LogP contribution >= 0.6 is 0 Å². The van der Waals surface area contributed by atoms with E-state index in [4.69, 9.17) is 5.11 Å². The first-order chi connectivity index (χ1) is 7.93. The van der Waals surface area contributed by atoms with Gasteiger partial charge in [-0.25, -0.2) is 0 Å². The van der Waals surface area contributed by atoms with Crippen molar-refractivity contribution in [3.8, 4) is 17.2 Å². The van der Waals surface area contributed by atoms with Gasteiger partial charge in [0.05, 0.1) is 6.42 Å². The molecule has 1 aromatic carbocycles. The third-order valence-corrected chi connectivity index (χ3v) is 2.19. The van der Waals surface area contributed by atoms with Crippen molar-refractivity contribution < 1.29 is 25.2 Å². The lowest BCUT2D eigenvalue weighted by atomic mass is 10.1. The number of nitrogens with zero attached hydrogens (tertiary/aromatic N) is 1. The number of carboxylic acid groups (broad SMARTS) is 1. The van der Waals surface area contributed by atoms with Crippen LogP contribution in [0, 0.1) is 6.92 Å². The maximum atomic E-state index is 10.2. The van der Waals surface area contributed by atoms with Crippen molar-refractivity contribution in [3.63, 3.8) is 0 Å². The normalized spacial score (nSPS) is 10.9. The van der Waals surface area contributed by atoms with E-state index in [-0.39, 0.29) is 35.6 Å². The Bertz CT molecular complexity index is 467. The summed E-state index contributed by atoms with van der Waals surface area (Å²) in [5.74, 6) is -1.96. The first kappa shape index (κ1) is 12.8. The number of rotatable bonds is 4. The van der Waals surface area contributed by atoms with E-state index in [1.165, 1.54) is 13.1 Å². The molecule has 0 saturated heterocycles. The number of aliphatic imine (C=N–C) groups is 1. The van der Waals surface area contributed by atoms with E-state index in [9.17, 15) is 20.1 Å². The van der Waals surface area contributed by atoms with Crippen molar-refractivity contribution in [1.29, 1.82) is 0 Å². The van der Waals surface area contributed by atoms with Gasteiger partial charge in [0.25, 0.3) is 0 Å². The van der Waals surface area contributed by atoms with Gasteiger partial charge in [0.15, 0.2) is 11.5 Å². The number of hydrogen-bond acceptors (Lipinski definition) is 5. The van der Waals surface area contributed by atoms with Crippen molar-refractivity contribution in [2.45, 2.75) is 19.8 Å². The molecule has 0 aliphatic rings. The Morgan fingerprint density at radius 2 is 2.00 bits per heavy atom. The Kier molecular flexibility index (Phi) is 3.92. The van der Waals surface area contributed by atoms with Gasteiger partial charge in [-0.05, 0) is 13.3 Å². The summed E-state index contributed by atoms with van der Waals surface area (Å²) in [5, 5.41) is 36.7. The van der Waals surface area contributed by atoms with Crippen molar-refractivity contribution in [3.05, 3.63) is 11.6 Å². The van der Waals surface area contributed by atoms with E-state index < -0.39 is 11.7 Å². The molecule has 0 spiro atoms. The summed E-state index contributed by atoms with van der Waals surface area (Å²) in [6.07, 6.45) is 1.49. The van der Waals surface area contributed by atoms with Crippen LogP contribution < -0.4 is 0 Å². The SMILES string of the molecule is Cc1c(O)c(O)cc(N=CCCC(=O)O)c1O. The van der Waals surface area contributed by atoms with Gasteiger partial charge in [-0.15, -0.1) is 0 Å². The molecule has 0 aromatic heterocycles. The lowest BCUT2D eigenvalue weighted by Gasteiger charge is -2.06. The highest BCUT2D eigenvalue weighted by Gasteiger charge is 2.12. The standard InChI is InChI=1S/C11H13NO5/c1-6-10(16)7(5-8(13)11(6)17)12-4-2-3-9(14)15/h4-5,13,16-17H,2-3H2,1H3,(H,14,15). The number of benzene rings is 1. The number of hydrogen-bond donors (Lipinski definition) is 4. The molecule has 4 N–H and O–H groups in total. The van der Waals surface area contributed by atoms with E-state index in [2.05, 4.69) is 4.99 Å². The zero-order valence-electron chi connectivity index (χ0n) is 9.21. The van der Waals surface area contributed by atoms with E-state index in [1.54, 1.807) is 0 Å². The molecule has 17 heavy (non-hydrogen) atoms. The first-order valence-electron chi connectivity index (χ1n) is 4.92. The van der Waals surface area contributed by atoms with E-state index in [0.717, 1.165) is 6.07 Å². The molecule has 1 aromatic rings. The number of aromatic hydroxyl groups is 3. The number of phenolic OH excluding ortho intramolecular Hbond substituents is 3. The molecule has 0 atom stereocenters. The zero-order chi connectivity index (χ0) is 13.0. The molecule has 0 saturated carbocycles. The van der Waals surface area contributed by atoms with Crippen LogP contribution in [0.25, 0.3) is 0 Å². The monoisotopic (exact) mass is 239 g/mol.